The smallest absolute Gasteiger partial charge is 0.243 e. The van der Waals surface area contributed by atoms with Gasteiger partial charge in [0.05, 0.1) is 17.1 Å². The molecule has 24 heavy (non-hydrogen) atoms. The van der Waals surface area contributed by atoms with Crippen LogP contribution in [-0.2, 0) is 14.8 Å². The van der Waals surface area contributed by atoms with Crippen LogP contribution in [0.15, 0.2) is 23.1 Å². The molecule has 2 aliphatic rings. The van der Waals surface area contributed by atoms with E-state index in [0.29, 0.717) is 24.6 Å². The summed E-state index contributed by atoms with van der Waals surface area (Å²) in [5, 5.41) is 0. The summed E-state index contributed by atoms with van der Waals surface area (Å²) in [4.78, 5) is 13.6. The monoisotopic (exact) mass is 352 g/mol. The number of nitrogens with zero attached hydrogens (tertiary/aromatic N) is 2. The normalized spacial score (nSPS) is 25.0. The first-order chi connectivity index (χ1) is 11.3. The Hall–Kier alpha value is -1.60. The van der Waals surface area contributed by atoms with E-state index in [1.807, 2.05) is 13.8 Å². The van der Waals surface area contributed by atoms with Crippen molar-refractivity contribution in [1.82, 2.24) is 4.31 Å². The fourth-order valence-electron chi connectivity index (χ4n) is 3.68. The summed E-state index contributed by atoms with van der Waals surface area (Å²) >= 11 is 0. The van der Waals surface area contributed by atoms with Crippen molar-refractivity contribution in [2.45, 2.75) is 57.0 Å². The van der Waals surface area contributed by atoms with Crippen molar-refractivity contribution in [3.05, 3.63) is 18.2 Å². The van der Waals surface area contributed by atoms with Gasteiger partial charge in [-0.3, -0.25) is 4.79 Å². The van der Waals surface area contributed by atoms with Crippen LogP contribution in [-0.4, -0.2) is 43.9 Å². The maximum Gasteiger partial charge on any atom is 0.243 e. The van der Waals surface area contributed by atoms with E-state index in [0.717, 1.165) is 19.3 Å². The first-order valence-electron chi connectivity index (χ1n) is 8.41. The molecule has 1 saturated heterocycles. The van der Waals surface area contributed by atoms with E-state index < -0.39 is 10.0 Å². The average Bonchev–Trinajstić information content (AvgIpc) is 2.53. The summed E-state index contributed by atoms with van der Waals surface area (Å²) in [7, 11) is -3.58. The molecular formula is C17H24N2O4S. The molecular weight excluding hydrogens is 328 g/mol. The van der Waals surface area contributed by atoms with Crippen LogP contribution in [0.1, 0.15) is 40.0 Å². The second kappa shape index (κ2) is 6.37. The van der Waals surface area contributed by atoms with Gasteiger partial charge in [-0.2, -0.15) is 4.31 Å². The molecule has 2 atom stereocenters. The number of carbonyl (C=O) groups is 1. The molecule has 0 radical (unpaired) electrons. The predicted octanol–water partition coefficient (Wildman–Crippen LogP) is 2.38. The van der Waals surface area contributed by atoms with Gasteiger partial charge in [0.2, 0.25) is 15.9 Å². The van der Waals surface area contributed by atoms with Crippen LogP contribution < -0.4 is 9.64 Å². The molecule has 1 fully saturated rings. The summed E-state index contributed by atoms with van der Waals surface area (Å²) < 4.78 is 33.4. The molecule has 2 aliphatic heterocycles. The van der Waals surface area contributed by atoms with Crippen LogP contribution in [0.3, 0.4) is 0 Å². The van der Waals surface area contributed by atoms with Crippen LogP contribution in [0.4, 0.5) is 5.69 Å². The van der Waals surface area contributed by atoms with Crippen LogP contribution in [0.5, 0.6) is 5.75 Å². The van der Waals surface area contributed by atoms with E-state index in [2.05, 4.69) is 0 Å². The Kier molecular flexibility index (Phi) is 4.57. The lowest BCUT2D eigenvalue weighted by Gasteiger charge is -2.38. The molecule has 2 unspecified atom stereocenters. The van der Waals surface area contributed by atoms with Crippen molar-refractivity contribution in [3.63, 3.8) is 0 Å². The van der Waals surface area contributed by atoms with Crippen molar-refractivity contribution < 1.29 is 17.9 Å². The highest BCUT2D eigenvalue weighted by Gasteiger charge is 2.36. The molecule has 0 aliphatic carbocycles. The number of hydrogen-bond donors (Lipinski definition) is 0. The zero-order valence-corrected chi connectivity index (χ0v) is 15.2. The van der Waals surface area contributed by atoms with Crippen molar-refractivity contribution in [1.29, 1.82) is 0 Å². The van der Waals surface area contributed by atoms with E-state index in [9.17, 15) is 13.2 Å². The standard InChI is InChI=1S/C17H24N2O4S/c1-12-5-4-6-13(2)19(12)24(21,22)15-7-8-16-17(11-15)23-10-9-18(16)14(3)20/h7-8,11-13H,4-6,9-10H2,1-3H3. The Morgan fingerprint density at radius 1 is 1.21 bits per heavy atom. The van der Waals surface area contributed by atoms with Gasteiger partial charge in [-0.1, -0.05) is 6.42 Å². The van der Waals surface area contributed by atoms with Gasteiger partial charge in [-0.15, -0.1) is 0 Å². The topological polar surface area (TPSA) is 66.9 Å². The highest BCUT2D eigenvalue weighted by Crippen LogP contribution is 2.36. The van der Waals surface area contributed by atoms with Gasteiger partial charge in [0, 0.05) is 25.1 Å². The molecule has 3 rings (SSSR count). The summed E-state index contributed by atoms with van der Waals surface area (Å²) in [6.07, 6.45) is 2.81. The lowest BCUT2D eigenvalue weighted by atomic mass is 10.0. The summed E-state index contributed by atoms with van der Waals surface area (Å²) in [6, 6.07) is 4.77. The Labute approximate surface area is 143 Å². The average molecular weight is 352 g/mol. The first kappa shape index (κ1) is 17.2. The molecule has 0 bridgehead atoms. The van der Waals surface area contributed by atoms with Gasteiger partial charge in [-0.05, 0) is 38.8 Å². The summed E-state index contributed by atoms with van der Waals surface area (Å²) in [6.45, 7) is 6.26. The third-order valence-electron chi connectivity index (χ3n) is 4.86. The van der Waals surface area contributed by atoms with E-state index in [-0.39, 0.29) is 22.9 Å². The number of rotatable bonds is 2. The number of benzene rings is 1. The van der Waals surface area contributed by atoms with Crippen molar-refractivity contribution in [3.8, 4) is 5.75 Å². The van der Waals surface area contributed by atoms with Gasteiger partial charge >= 0.3 is 0 Å². The lowest BCUT2D eigenvalue weighted by Crippen LogP contribution is -2.47. The quantitative estimate of drug-likeness (QED) is 0.820. The predicted molar refractivity (Wildman–Crippen MR) is 91.8 cm³/mol. The minimum Gasteiger partial charge on any atom is -0.489 e. The molecule has 6 nitrogen and oxygen atoms in total. The largest absolute Gasteiger partial charge is 0.489 e. The Morgan fingerprint density at radius 2 is 1.88 bits per heavy atom. The van der Waals surface area contributed by atoms with E-state index in [1.54, 1.807) is 27.4 Å². The molecule has 7 heteroatoms. The highest BCUT2D eigenvalue weighted by atomic mass is 32.2. The molecule has 0 aromatic heterocycles. The van der Waals surface area contributed by atoms with Gasteiger partial charge in [-0.25, -0.2) is 8.42 Å². The van der Waals surface area contributed by atoms with Crippen LogP contribution in [0.25, 0.3) is 0 Å². The Bertz CT molecular complexity index is 737. The zero-order valence-electron chi connectivity index (χ0n) is 14.4. The maximum atomic E-state index is 13.1. The van der Waals surface area contributed by atoms with Gasteiger partial charge in [0.15, 0.2) is 0 Å². The molecule has 1 aromatic carbocycles. The van der Waals surface area contributed by atoms with E-state index in [4.69, 9.17) is 4.74 Å². The van der Waals surface area contributed by atoms with Gasteiger partial charge < -0.3 is 9.64 Å². The fourth-order valence-corrected chi connectivity index (χ4v) is 5.58. The Balaban J connectivity index is 1.99. The van der Waals surface area contributed by atoms with Crippen LogP contribution in [0, 0.1) is 0 Å². The number of anilines is 1. The molecule has 132 valence electrons. The molecule has 1 amide bonds. The molecule has 2 heterocycles. The fraction of sp³-hybridized carbons (Fsp3) is 0.588. The van der Waals surface area contributed by atoms with Crippen molar-refractivity contribution >= 4 is 21.6 Å². The van der Waals surface area contributed by atoms with Gasteiger partial charge in [0.25, 0.3) is 0 Å². The first-order valence-corrected chi connectivity index (χ1v) is 9.85. The zero-order chi connectivity index (χ0) is 17.5. The molecule has 0 saturated carbocycles. The second-order valence-electron chi connectivity index (χ2n) is 6.61. The number of amides is 1. The number of carbonyl (C=O) groups excluding carboxylic acids is 1. The van der Waals surface area contributed by atoms with E-state index in [1.165, 1.54) is 6.92 Å². The highest BCUT2D eigenvalue weighted by molar-refractivity contribution is 7.89. The number of hydrogen-bond acceptors (Lipinski definition) is 4. The van der Waals surface area contributed by atoms with Crippen molar-refractivity contribution in [2.75, 3.05) is 18.1 Å². The number of piperidine rings is 1. The number of ether oxygens (including phenoxy) is 1. The van der Waals surface area contributed by atoms with Crippen LogP contribution >= 0.6 is 0 Å². The number of sulfonamides is 1. The maximum absolute atomic E-state index is 13.1. The van der Waals surface area contributed by atoms with Crippen LogP contribution in [0.2, 0.25) is 0 Å². The Morgan fingerprint density at radius 3 is 2.50 bits per heavy atom. The SMILES string of the molecule is CC(=O)N1CCOc2cc(S(=O)(=O)N3C(C)CCCC3C)ccc21. The third kappa shape index (κ3) is 2.91. The minimum absolute atomic E-state index is 0.00980. The molecule has 0 spiro atoms. The summed E-state index contributed by atoms with van der Waals surface area (Å²) in [5.41, 5.74) is 0.632. The minimum atomic E-state index is -3.58. The van der Waals surface area contributed by atoms with Gasteiger partial charge in [0.1, 0.15) is 12.4 Å². The number of fused-ring (bicyclic) bond motifs is 1. The summed E-state index contributed by atoms with van der Waals surface area (Å²) in [5.74, 6) is 0.378. The molecule has 1 aromatic rings. The lowest BCUT2D eigenvalue weighted by molar-refractivity contribution is -0.116. The molecule has 0 N–H and O–H groups in total. The van der Waals surface area contributed by atoms with Crippen molar-refractivity contribution in [2.24, 2.45) is 0 Å². The van der Waals surface area contributed by atoms with E-state index >= 15 is 0 Å². The second-order valence-corrected chi connectivity index (χ2v) is 8.46. The third-order valence-corrected chi connectivity index (χ3v) is 6.99.